The Bertz CT molecular complexity index is 747. The van der Waals surface area contributed by atoms with E-state index < -0.39 is 10.0 Å². The lowest BCUT2D eigenvalue weighted by Crippen LogP contribution is -2.38. The standard InChI is InChI=1S/C15H18BrN3O2S/c1-22(20,21)18-8-6-15(7-9-18)19-11-13(10-17-19)12-2-4-14(16)5-3-12/h2-5,10-11,15H,6-9H2,1H3. The first-order valence-corrected chi connectivity index (χ1v) is 9.83. The van der Waals surface area contributed by atoms with Gasteiger partial charge in [-0.15, -0.1) is 0 Å². The van der Waals surface area contributed by atoms with Crippen LogP contribution in [0.2, 0.25) is 0 Å². The molecule has 5 nitrogen and oxygen atoms in total. The molecule has 0 spiro atoms. The van der Waals surface area contributed by atoms with E-state index in [-0.39, 0.29) is 6.04 Å². The summed E-state index contributed by atoms with van der Waals surface area (Å²) in [7, 11) is -3.07. The van der Waals surface area contributed by atoms with Crippen molar-refractivity contribution in [1.82, 2.24) is 14.1 Å². The molecule has 0 saturated carbocycles. The third kappa shape index (κ3) is 3.42. The molecule has 22 heavy (non-hydrogen) atoms. The minimum atomic E-state index is -3.07. The molecule has 0 bridgehead atoms. The van der Waals surface area contributed by atoms with E-state index in [0.29, 0.717) is 13.1 Å². The van der Waals surface area contributed by atoms with Crippen LogP contribution in [0.5, 0.6) is 0 Å². The third-order valence-electron chi connectivity index (χ3n) is 4.05. The third-order valence-corrected chi connectivity index (χ3v) is 5.88. The quantitative estimate of drug-likeness (QED) is 0.818. The molecule has 1 aromatic carbocycles. The Balaban J connectivity index is 1.71. The van der Waals surface area contributed by atoms with Gasteiger partial charge in [-0.25, -0.2) is 12.7 Å². The van der Waals surface area contributed by atoms with Crippen LogP contribution in [-0.4, -0.2) is 41.8 Å². The average Bonchev–Trinajstić information content (AvgIpc) is 2.97. The van der Waals surface area contributed by atoms with Gasteiger partial charge < -0.3 is 0 Å². The van der Waals surface area contributed by atoms with Crippen molar-refractivity contribution in [3.63, 3.8) is 0 Å². The van der Waals surface area contributed by atoms with Crippen molar-refractivity contribution in [2.45, 2.75) is 18.9 Å². The van der Waals surface area contributed by atoms with Crippen LogP contribution in [0.4, 0.5) is 0 Å². The number of hydrogen-bond donors (Lipinski definition) is 0. The number of sulfonamides is 1. The summed E-state index contributed by atoms with van der Waals surface area (Å²) in [4.78, 5) is 0. The molecule has 118 valence electrons. The predicted molar refractivity (Wildman–Crippen MR) is 90.1 cm³/mol. The van der Waals surface area contributed by atoms with Gasteiger partial charge in [0.05, 0.1) is 18.5 Å². The molecule has 1 fully saturated rings. The molecule has 1 aromatic heterocycles. The smallest absolute Gasteiger partial charge is 0.211 e. The summed E-state index contributed by atoms with van der Waals surface area (Å²) < 4.78 is 27.7. The molecule has 7 heteroatoms. The zero-order chi connectivity index (χ0) is 15.7. The largest absolute Gasteiger partial charge is 0.269 e. The number of halogens is 1. The molecule has 1 aliphatic rings. The predicted octanol–water partition coefficient (Wildman–Crippen LogP) is 2.91. The fraction of sp³-hybridized carbons (Fsp3) is 0.400. The summed E-state index contributed by atoms with van der Waals surface area (Å²) in [5, 5.41) is 4.46. The van der Waals surface area contributed by atoms with Gasteiger partial charge >= 0.3 is 0 Å². The second-order valence-electron chi connectivity index (χ2n) is 5.61. The van der Waals surface area contributed by atoms with Crippen molar-refractivity contribution in [2.75, 3.05) is 19.3 Å². The van der Waals surface area contributed by atoms with E-state index >= 15 is 0 Å². The second kappa shape index (κ2) is 6.14. The number of hydrogen-bond acceptors (Lipinski definition) is 3. The second-order valence-corrected chi connectivity index (χ2v) is 8.51. The van der Waals surface area contributed by atoms with E-state index in [1.807, 2.05) is 29.2 Å². The Kier molecular flexibility index (Phi) is 4.38. The molecule has 1 aliphatic heterocycles. The molecule has 0 amide bonds. The van der Waals surface area contributed by atoms with Gasteiger partial charge in [-0.2, -0.15) is 5.10 Å². The van der Waals surface area contributed by atoms with Crippen LogP contribution in [0.15, 0.2) is 41.1 Å². The highest BCUT2D eigenvalue weighted by molar-refractivity contribution is 9.10. The Labute approximate surface area is 139 Å². The first-order valence-electron chi connectivity index (χ1n) is 7.19. The lowest BCUT2D eigenvalue weighted by Gasteiger charge is -2.30. The molecule has 0 unspecified atom stereocenters. The Morgan fingerprint density at radius 2 is 1.77 bits per heavy atom. The first-order chi connectivity index (χ1) is 10.4. The van der Waals surface area contributed by atoms with Crippen LogP contribution < -0.4 is 0 Å². The van der Waals surface area contributed by atoms with Gasteiger partial charge in [0.1, 0.15) is 0 Å². The molecule has 1 saturated heterocycles. The van der Waals surface area contributed by atoms with Gasteiger partial charge in [0.25, 0.3) is 0 Å². The zero-order valence-electron chi connectivity index (χ0n) is 12.3. The van der Waals surface area contributed by atoms with Crippen LogP contribution in [0.25, 0.3) is 11.1 Å². The van der Waals surface area contributed by atoms with E-state index in [0.717, 1.165) is 28.4 Å². The van der Waals surface area contributed by atoms with E-state index in [2.05, 4.69) is 33.2 Å². The summed E-state index contributed by atoms with van der Waals surface area (Å²) in [6.07, 6.45) is 6.78. The van der Waals surface area contributed by atoms with E-state index in [4.69, 9.17) is 0 Å². The highest BCUT2D eigenvalue weighted by Crippen LogP contribution is 2.26. The van der Waals surface area contributed by atoms with Crippen molar-refractivity contribution in [3.05, 3.63) is 41.1 Å². The first kappa shape index (κ1) is 15.7. The van der Waals surface area contributed by atoms with Crippen molar-refractivity contribution < 1.29 is 8.42 Å². The Morgan fingerprint density at radius 3 is 2.36 bits per heavy atom. The number of aromatic nitrogens is 2. The molecule has 2 heterocycles. The normalized spacial score (nSPS) is 17.7. The maximum atomic E-state index is 11.5. The molecule has 0 atom stereocenters. The minimum absolute atomic E-state index is 0.266. The summed E-state index contributed by atoms with van der Waals surface area (Å²) in [5.74, 6) is 0. The molecule has 2 aromatic rings. The van der Waals surface area contributed by atoms with Crippen LogP contribution in [0.3, 0.4) is 0 Å². The topological polar surface area (TPSA) is 55.2 Å². The number of benzene rings is 1. The number of nitrogens with zero attached hydrogens (tertiary/aromatic N) is 3. The molecular formula is C15H18BrN3O2S. The van der Waals surface area contributed by atoms with E-state index in [9.17, 15) is 8.42 Å². The molecule has 0 radical (unpaired) electrons. The lowest BCUT2D eigenvalue weighted by atomic mass is 10.1. The fourth-order valence-electron chi connectivity index (χ4n) is 2.77. The van der Waals surface area contributed by atoms with Crippen molar-refractivity contribution in [3.8, 4) is 11.1 Å². The van der Waals surface area contributed by atoms with Gasteiger partial charge in [-0.1, -0.05) is 28.1 Å². The van der Waals surface area contributed by atoms with Gasteiger partial charge in [0, 0.05) is 29.3 Å². The van der Waals surface area contributed by atoms with Crippen molar-refractivity contribution in [2.24, 2.45) is 0 Å². The van der Waals surface area contributed by atoms with Gasteiger partial charge in [-0.05, 0) is 30.5 Å². The van der Waals surface area contributed by atoms with Gasteiger partial charge in [0.2, 0.25) is 10.0 Å². The van der Waals surface area contributed by atoms with Crippen molar-refractivity contribution >= 4 is 26.0 Å². The summed E-state index contributed by atoms with van der Waals surface area (Å²) in [6.45, 7) is 1.13. The van der Waals surface area contributed by atoms with Crippen LogP contribution >= 0.6 is 15.9 Å². The number of piperidine rings is 1. The maximum absolute atomic E-state index is 11.5. The monoisotopic (exact) mass is 383 g/mol. The molecular weight excluding hydrogens is 366 g/mol. The highest BCUT2D eigenvalue weighted by Gasteiger charge is 2.26. The molecule has 0 aliphatic carbocycles. The Morgan fingerprint density at radius 1 is 1.14 bits per heavy atom. The van der Waals surface area contributed by atoms with Gasteiger partial charge in [-0.3, -0.25) is 4.68 Å². The van der Waals surface area contributed by atoms with Crippen LogP contribution in [0.1, 0.15) is 18.9 Å². The highest BCUT2D eigenvalue weighted by atomic mass is 79.9. The molecule has 0 N–H and O–H groups in total. The van der Waals surface area contributed by atoms with Gasteiger partial charge in [0.15, 0.2) is 0 Å². The summed E-state index contributed by atoms with van der Waals surface area (Å²) in [6, 6.07) is 8.39. The van der Waals surface area contributed by atoms with Crippen LogP contribution in [-0.2, 0) is 10.0 Å². The zero-order valence-corrected chi connectivity index (χ0v) is 14.7. The SMILES string of the molecule is CS(=O)(=O)N1CCC(n2cc(-c3ccc(Br)cc3)cn2)CC1. The van der Waals surface area contributed by atoms with E-state index in [1.165, 1.54) is 6.26 Å². The molecule has 3 rings (SSSR count). The van der Waals surface area contributed by atoms with E-state index in [1.54, 1.807) is 4.31 Å². The fourth-order valence-corrected chi connectivity index (χ4v) is 3.91. The minimum Gasteiger partial charge on any atom is -0.269 e. The average molecular weight is 384 g/mol. The van der Waals surface area contributed by atoms with Crippen molar-refractivity contribution in [1.29, 1.82) is 0 Å². The summed E-state index contributed by atoms with van der Waals surface area (Å²) in [5.41, 5.74) is 2.21. The lowest BCUT2D eigenvalue weighted by molar-refractivity contribution is 0.262. The van der Waals surface area contributed by atoms with Crippen LogP contribution in [0, 0.1) is 0 Å². The number of rotatable bonds is 3. The summed E-state index contributed by atoms with van der Waals surface area (Å²) >= 11 is 3.43. The Hall–Kier alpha value is -1.18. The maximum Gasteiger partial charge on any atom is 0.211 e.